The smallest absolute Gasteiger partial charge is 0.133 e. The lowest BCUT2D eigenvalue weighted by Gasteiger charge is -2.02. The molecule has 1 aliphatic rings. The SMILES string of the molecule is CCCCC1=CC=NC(CCC(=O)CC)=CC1. The van der Waals surface area contributed by atoms with E-state index in [1.165, 1.54) is 24.8 Å². The highest BCUT2D eigenvalue weighted by atomic mass is 16.1. The summed E-state index contributed by atoms with van der Waals surface area (Å²) in [5.74, 6) is 0.324. The van der Waals surface area contributed by atoms with Crippen LogP contribution in [-0.2, 0) is 4.79 Å². The third kappa shape index (κ3) is 5.62. The Bertz CT molecular complexity index is 337. The van der Waals surface area contributed by atoms with Crippen molar-refractivity contribution in [3.8, 4) is 0 Å². The van der Waals surface area contributed by atoms with E-state index in [-0.39, 0.29) is 0 Å². The van der Waals surface area contributed by atoms with Crippen molar-refractivity contribution in [3.05, 3.63) is 23.4 Å². The minimum Gasteiger partial charge on any atom is -0.300 e. The molecule has 0 unspecified atom stereocenters. The van der Waals surface area contributed by atoms with E-state index in [1.807, 2.05) is 13.1 Å². The van der Waals surface area contributed by atoms with Crippen LogP contribution in [0.2, 0.25) is 0 Å². The fraction of sp³-hybridized carbons (Fsp3) is 0.600. The van der Waals surface area contributed by atoms with Crippen molar-refractivity contribution in [2.24, 2.45) is 4.99 Å². The Labute approximate surface area is 105 Å². The summed E-state index contributed by atoms with van der Waals surface area (Å²) in [5.41, 5.74) is 2.52. The molecule has 0 saturated carbocycles. The molecule has 2 nitrogen and oxygen atoms in total. The molecule has 0 N–H and O–H groups in total. The largest absolute Gasteiger partial charge is 0.300 e. The summed E-state index contributed by atoms with van der Waals surface area (Å²) in [4.78, 5) is 15.6. The Hall–Kier alpha value is -1.18. The zero-order valence-electron chi connectivity index (χ0n) is 11.0. The van der Waals surface area contributed by atoms with Gasteiger partial charge >= 0.3 is 0 Å². The van der Waals surface area contributed by atoms with Gasteiger partial charge < -0.3 is 0 Å². The number of hydrogen-bond donors (Lipinski definition) is 0. The quantitative estimate of drug-likeness (QED) is 0.647. The van der Waals surface area contributed by atoms with Crippen LogP contribution in [0.15, 0.2) is 28.4 Å². The van der Waals surface area contributed by atoms with Gasteiger partial charge in [0.15, 0.2) is 0 Å². The zero-order valence-corrected chi connectivity index (χ0v) is 11.0. The van der Waals surface area contributed by atoms with Gasteiger partial charge in [0.05, 0.1) is 0 Å². The molecule has 0 saturated heterocycles. The van der Waals surface area contributed by atoms with Gasteiger partial charge in [-0.15, -0.1) is 0 Å². The van der Waals surface area contributed by atoms with Gasteiger partial charge in [0.2, 0.25) is 0 Å². The van der Waals surface area contributed by atoms with Crippen molar-refractivity contribution >= 4 is 12.0 Å². The summed E-state index contributed by atoms with van der Waals surface area (Å²) in [5, 5.41) is 0. The number of hydrogen-bond acceptors (Lipinski definition) is 2. The first-order valence-corrected chi connectivity index (χ1v) is 6.69. The maximum Gasteiger partial charge on any atom is 0.133 e. The molecule has 1 rings (SSSR count). The molecular formula is C15H23NO. The summed E-state index contributed by atoms with van der Waals surface area (Å²) >= 11 is 0. The second-order valence-corrected chi connectivity index (χ2v) is 4.50. The van der Waals surface area contributed by atoms with Crippen molar-refractivity contribution in [2.45, 2.75) is 58.8 Å². The number of nitrogens with zero attached hydrogens (tertiary/aromatic N) is 1. The molecular weight excluding hydrogens is 210 g/mol. The molecule has 0 bridgehead atoms. The number of unbranched alkanes of at least 4 members (excludes halogenated alkanes) is 1. The highest BCUT2D eigenvalue weighted by Crippen LogP contribution is 2.18. The Morgan fingerprint density at radius 2 is 2.18 bits per heavy atom. The topological polar surface area (TPSA) is 29.4 Å². The fourth-order valence-corrected chi connectivity index (χ4v) is 1.81. The third-order valence-electron chi connectivity index (χ3n) is 3.06. The molecule has 0 fully saturated rings. The van der Waals surface area contributed by atoms with Gasteiger partial charge in [-0.05, 0) is 31.8 Å². The maximum absolute atomic E-state index is 11.3. The molecule has 1 aliphatic heterocycles. The standard InChI is InChI=1S/C15H23NO/c1-3-5-6-13-7-8-14(16-12-11-13)9-10-15(17)4-2/h8,11-12H,3-7,9-10H2,1-2H3. The lowest BCUT2D eigenvalue weighted by atomic mass is 10.0. The highest BCUT2D eigenvalue weighted by molar-refractivity contribution is 5.78. The first kappa shape index (κ1) is 13.9. The van der Waals surface area contributed by atoms with Gasteiger partial charge in [0.1, 0.15) is 5.78 Å². The number of aliphatic imine (C=N–C) groups is 1. The van der Waals surface area contributed by atoms with Gasteiger partial charge in [0.25, 0.3) is 0 Å². The van der Waals surface area contributed by atoms with E-state index in [9.17, 15) is 4.79 Å². The van der Waals surface area contributed by atoms with Crippen LogP contribution in [0.5, 0.6) is 0 Å². The van der Waals surface area contributed by atoms with Crippen LogP contribution >= 0.6 is 0 Å². The van der Waals surface area contributed by atoms with Gasteiger partial charge in [-0.3, -0.25) is 9.79 Å². The Balaban J connectivity index is 2.41. The normalized spacial score (nSPS) is 15.2. The summed E-state index contributed by atoms with van der Waals surface area (Å²) in [6.07, 6.45) is 12.9. The summed E-state index contributed by atoms with van der Waals surface area (Å²) in [7, 11) is 0. The molecule has 0 aromatic heterocycles. The molecule has 0 atom stereocenters. The molecule has 94 valence electrons. The predicted octanol–water partition coefficient (Wildman–Crippen LogP) is 4.22. The van der Waals surface area contributed by atoms with Gasteiger partial charge in [-0.25, -0.2) is 0 Å². The van der Waals surface area contributed by atoms with Crippen LogP contribution in [0, 0.1) is 0 Å². The van der Waals surface area contributed by atoms with Crippen molar-refractivity contribution in [1.82, 2.24) is 0 Å². The van der Waals surface area contributed by atoms with Gasteiger partial charge in [-0.2, -0.15) is 0 Å². The zero-order chi connectivity index (χ0) is 12.5. The summed E-state index contributed by atoms with van der Waals surface area (Å²) in [6, 6.07) is 0. The van der Waals surface area contributed by atoms with Crippen LogP contribution in [0.1, 0.15) is 58.8 Å². The van der Waals surface area contributed by atoms with Crippen LogP contribution in [0.4, 0.5) is 0 Å². The summed E-state index contributed by atoms with van der Waals surface area (Å²) < 4.78 is 0. The van der Waals surface area contributed by atoms with E-state index in [0.29, 0.717) is 18.6 Å². The molecule has 17 heavy (non-hydrogen) atoms. The van der Waals surface area contributed by atoms with E-state index >= 15 is 0 Å². The second kappa shape index (κ2) is 7.99. The van der Waals surface area contributed by atoms with E-state index < -0.39 is 0 Å². The lowest BCUT2D eigenvalue weighted by molar-refractivity contribution is -0.118. The molecule has 0 aromatic carbocycles. The molecule has 1 heterocycles. The average Bonchev–Trinajstić information content (AvgIpc) is 2.58. The fourth-order valence-electron chi connectivity index (χ4n) is 1.81. The van der Waals surface area contributed by atoms with Crippen LogP contribution in [-0.4, -0.2) is 12.0 Å². The number of carbonyl (C=O) groups is 1. The van der Waals surface area contributed by atoms with Crippen molar-refractivity contribution in [1.29, 1.82) is 0 Å². The number of Topliss-reactive ketones (excluding diaryl/α,β-unsaturated/α-hetero) is 1. The van der Waals surface area contributed by atoms with Crippen molar-refractivity contribution < 1.29 is 4.79 Å². The van der Waals surface area contributed by atoms with Gasteiger partial charge in [0, 0.05) is 24.8 Å². The number of carbonyl (C=O) groups excluding carboxylic acids is 1. The van der Waals surface area contributed by atoms with Gasteiger partial charge in [-0.1, -0.05) is 31.9 Å². The molecule has 2 heteroatoms. The maximum atomic E-state index is 11.3. The van der Waals surface area contributed by atoms with E-state index in [2.05, 4.69) is 24.1 Å². The Morgan fingerprint density at radius 3 is 2.88 bits per heavy atom. The lowest BCUT2D eigenvalue weighted by Crippen LogP contribution is -1.95. The number of ketones is 1. The minimum absolute atomic E-state index is 0.324. The Kier molecular flexibility index (Phi) is 6.53. The molecule has 0 spiro atoms. The first-order valence-electron chi connectivity index (χ1n) is 6.69. The molecule has 0 aromatic rings. The van der Waals surface area contributed by atoms with E-state index in [0.717, 1.165) is 18.5 Å². The third-order valence-corrected chi connectivity index (χ3v) is 3.06. The molecule has 0 aliphatic carbocycles. The number of allylic oxidation sites excluding steroid dienone is 4. The van der Waals surface area contributed by atoms with Crippen LogP contribution in [0.3, 0.4) is 0 Å². The van der Waals surface area contributed by atoms with Crippen molar-refractivity contribution in [2.75, 3.05) is 0 Å². The highest BCUT2D eigenvalue weighted by Gasteiger charge is 2.04. The Morgan fingerprint density at radius 1 is 1.35 bits per heavy atom. The average molecular weight is 233 g/mol. The predicted molar refractivity (Wildman–Crippen MR) is 73.3 cm³/mol. The summed E-state index contributed by atoms with van der Waals surface area (Å²) in [6.45, 7) is 4.13. The number of rotatable bonds is 7. The van der Waals surface area contributed by atoms with Crippen molar-refractivity contribution in [3.63, 3.8) is 0 Å². The van der Waals surface area contributed by atoms with Crippen LogP contribution < -0.4 is 0 Å². The first-order chi connectivity index (χ1) is 8.26. The molecule has 0 amide bonds. The molecule has 0 radical (unpaired) electrons. The van der Waals surface area contributed by atoms with E-state index in [1.54, 1.807) is 0 Å². The minimum atomic E-state index is 0.324. The second-order valence-electron chi connectivity index (χ2n) is 4.50. The van der Waals surface area contributed by atoms with E-state index in [4.69, 9.17) is 0 Å². The van der Waals surface area contributed by atoms with Crippen LogP contribution in [0.25, 0.3) is 0 Å². The monoisotopic (exact) mass is 233 g/mol.